The van der Waals surface area contributed by atoms with Crippen LogP contribution in [0.4, 0.5) is 0 Å². The molecule has 6 heteroatoms. The number of carbonyl (C=O) groups is 1. The third-order valence-corrected chi connectivity index (χ3v) is 5.94. The second-order valence-electron chi connectivity index (χ2n) is 8.57. The first-order valence-electron chi connectivity index (χ1n) is 12.0. The lowest BCUT2D eigenvalue weighted by atomic mass is 10.0. The summed E-state index contributed by atoms with van der Waals surface area (Å²) >= 11 is 0. The molecule has 2 aromatic carbocycles. The van der Waals surface area contributed by atoms with Crippen molar-refractivity contribution in [3.8, 4) is 28.7 Å². The number of piperidine rings is 1. The molecule has 2 N–H and O–H groups in total. The van der Waals surface area contributed by atoms with Crippen molar-refractivity contribution < 1.29 is 14.6 Å². The summed E-state index contributed by atoms with van der Waals surface area (Å²) in [5.74, 6) is 7.05. The molecular formula is C29H35N3O3. The number of hydrogen-bond donors (Lipinski definition) is 2. The van der Waals surface area contributed by atoms with E-state index in [-0.39, 0.29) is 24.7 Å². The third kappa shape index (κ3) is 7.94. The van der Waals surface area contributed by atoms with Crippen molar-refractivity contribution in [2.24, 2.45) is 0 Å². The van der Waals surface area contributed by atoms with Crippen molar-refractivity contribution in [1.82, 2.24) is 15.1 Å². The van der Waals surface area contributed by atoms with Crippen molar-refractivity contribution in [2.75, 3.05) is 26.7 Å². The number of likely N-dealkylation sites (tertiary alicyclic amines) is 1. The topological polar surface area (TPSA) is 65.0 Å². The molecule has 0 radical (unpaired) electrons. The minimum absolute atomic E-state index is 0.104. The molecule has 2 aliphatic rings. The number of aliphatic hydroxyl groups excluding tert-OH is 1. The molecule has 184 valence electrons. The van der Waals surface area contributed by atoms with Gasteiger partial charge < -0.3 is 25.0 Å². The van der Waals surface area contributed by atoms with Crippen LogP contribution in [-0.2, 0) is 4.79 Å². The van der Waals surface area contributed by atoms with E-state index < -0.39 is 0 Å². The maximum atomic E-state index is 10.7. The molecule has 0 spiro atoms. The first-order valence-corrected chi connectivity index (χ1v) is 12.0. The van der Waals surface area contributed by atoms with Crippen LogP contribution >= 0.6 is 0 Å². The fourth-order valence-corrected chi connectivity index (χ4v) is 3.92. The number of carbonyl (C=O) groups excluding carboxylic acids is 1. The normalized spacial score (nSPS) is 16.9. The minimum atomic E-state index is -0.134. The Morgan fingerprint density at radius 3 is 2.26 bits per heavy atom. The predicted molar refractivity (Wildman–Crippen MR) is 140 cm³/mol. The molecule has 2 aromatic rings. The highest BCUT2D eigenvalue weighted by molar-refractivity contribution is 5.81. The average Bonchev–Trinajstić information content (AvgIpc) is 3.32. The molecule has 1 fully saturated rings. The SMILES string of the molecule is C=CN1CCC(Oc2ccc(-c3ccc(C#CCCO)cc3)cc2)CC1.CC(=O)C1NC=CN1C. The van der Waals surface area contributed by atoms with Gasteiger partial charge in [-0.25, -0.2) is 0 Å². The summed E-state index contributed by atoms with van der Waals surface area (Å²) in [4.78, 5) is 14.8. The first kappa shape index (κ1) is 25.9. The smallest absolute Gasteiger partial charge is 0.172 e. The van der Waals surface area contributed by atoms with Crippen molar-refractivity contribution >= 4 is 5.78 Å². The first-order chi connectivity index (χ1) is 17.0. The Kier molecular flexibility index (Phi) is 9.82. The molecule has 1 saturated heterocycles. The highest BCUT2D eigenvalue weighted by Crippen LogP contribution is 2.25. The van der Waals surface area contributed by atoms with Gasteiger partial charge in [-0.2, -0.15) is 0 Å². The average molecular weight is 474 g/mol. The van der Waals surface area contributed by atoms with Crippen LogP contribution in [-0.4, -0.2) is 59.7 Å². The van der Waals surface area contributed by atoms with E-state index in [4.69, 9.17) is 9.84 Å². The fourth-order valence-electron chi connectivity index (χ4n) is 3.92. The van der Waals surface area contributed by atoms with Crippen LogP contribution in [0, 0.1) is 11.8 Å². The molecule has 1 unspecified atom stereocenters. The number of likely N-dealkylation sites (N-methyl/N-ethyl adjacent to an activating group) is 1. The standard InChI is InChI=1S/C23H25NO2.C6H10N2O/c1-2-24-16-14-23(15-17-24)26-22-12-10-21(11-13-22)20-8-6-19(7-9-20)5-3-4-18-25;1-5(9)6-7-3-4-8(6)2/h2,6-13,23,25H,1,4,14-18H2;3-4,6-7H,1-2H3. The number of nitrogens with one attached hydrogen (secondary N) is 1. The second-order valence-corrected chi connectivity index (χ2v) is 8.57. The number of nitrogens with zero attached hydrogens (tertiary/aromatic N) is 2. The number of Topliss-reactive ketones (excluding diaryl/α,β-unsaturated/α-hetero) is 1. The summed E-state index contributed by atoms with van der Waals surface area (Å²) in [7, 11) is 1.86. The maximum Gasteiger partial charge on any atom is 0.172 e. The van der Waals surface area contributed by atoms with Gasteiger partial charge in [0.2, 0.25) is 0 Å². The number of ether oxygens (including phenoxy) is 1. The highest BCUT2D eigenvalue weighted by Gasteiger charge is 2.19. The van der Waals surface area contributed by atoms with E-state index in [1.165, 1.54) is 0 Å². The Morgan fingerprint density at radius 2 is 1.77 bits per heavy atom. The molecule has 4 rings (SSSR count). The van der Waals surface area contributed by atoms with Crippen LogP contribution in [0.15, 0.2) is 73.7 Å². The van der Waals surface area contributed by atoms with E-state index in [1.54, 1.807) is 13.1 Å². The van der Waals surface area contributed by atoms with Gasteiger partial charge >= 0.3 is 0 Å². The zero-order chi connectivity index (χ0) is 25.0. The molecule has 1 atom stereocenters. The van der Waals surface area contributed by atoms with Crippen LogP contribution in [0.3, 0.4) is 0 Å². The summed E-state index contributed by atoms with van der Waals surface area (Å²) in [5, 5.41) is 11.7. The van der Waals surface area contributed by atoms with E-state index in [0.717, 1.165) is 48.4 Å². The molecule has 2 aliphatic heterocycles. The Labute approximate surface area is 208 Å². The highest BCUT2D eigenvalue weighted by atomic mass is 16.5. The quantitative estimate of drug-likeness (QED) is 0.619. The second kappa shape index (κ2) is 13.3. The van der Waals surface area contributed by atoms with E-state index in [1.807, 2.05) is 48.6 Å². The van der Waals surface area contributed by atoms with Crippen LogP contribution in [0.1, 0.15) is 31.7 Å². The summed E-state index contributed by atoms with van der Waals surface area (Å²) in [5.41, 5.74) is 3.28. The lowest BCUT2D eigenvalue weighted by Crippen LogP contribution is -2.38. The van der Waals surface area contributed by atoms with Gasteiger partial charge in [-0.05, 0) is 48.5 Å². The van der Waals surface area contributed by atoms with Gasteiger partial charge in [0.05, 0.1) is 6.61 Å². The Hall–Kier alpha value is -3.69. The van der Waals surface area contributed by atoms with Crippen LogP contribution < -0.4 is 10.1 Å². The molecule has 0 aliphatic carbocycles. The van der Waals surface area contributed by atoms with E-state index in [9.17, 15) is 4.79 Å². The molecule has 0 amide bonds. The van der Waals surface area contributed by atoms with Crippen LogP contribution in [0.2, 0.25) is 0 Å². The van der Waals surface area contributed by atoms with Gasteiger partial charge in [0.1, 0.15) is 11.9 Å². The summed E-state index contributed by atoms with van der Waals surface area (Å²) in [6.07, 6.45) is 8.25. The van der Waals surface area contributed by atoms with Crippen molar-refractivity contribution in [1.29, 1.82) is 0 Å². The van der Waals surface area contributed by atoms with E-state index in [0.29, 0.717) is 6.42 Å². The number of benzene rings is 2. The Bertz CT molecular complexity index is 1040. The number of rotatable bonds is 6. The zero-order valence-corrected chi connectivity index (χ0v) is 20.6. The summed E-state index contributed by atoms with van der Waals surface area (Å²) in [6.45, 7) is 7.53. The molecule has 0 bridgehead atoms. The largest absolute Gasteiger partial charge is 0.490 e. The zero-order valence-electron chi connectivity index (χ0n) is 20.6. The van der Waals surface area contributed by atoms with Gasteiger partial charge in [0, 0.05) is 57.4 Å². The predicted octanol–water partition coefficient (Wildman–Crippen LogP) is 3.98. The summed E-state index contributed by atoms with van der Waals surface area (Å²) < 4.78 is 6.11. The van der Waals surface area contributed by atoms with Gasteiger partial charge in [-0.1, -0.05) is 42.7 Å². The van der Waals surface area contributed by atoms with Crippen molar-refractivity contribution in [3.05, 3.63) is 79.3 Å². The molecular weight excluding hydrogens is 438 g/mol. The van der Waals surface area contributed by atoms with Gasteiger partial charge in [-0.15, -0.1) is 0 Å². The van der Waals surface area contributed by atoms with Crippen LogP contribution in [0.5, 0.6) is 5.75 Å². The fraction of sp³-hybridized carbons (Fsp3) is 0.345. The van der Waals surface area contributed by atoms with Gasteiger partial charge in [0.25, 0.3) is 0 Å². The van der Waals surface area contributed by atoms with Gasteiger partial charge in [0.15, 0.2) is 11.9 Å². The maximum absolute atomic E-state index is 10.7. The lowest BCUT2D eigenvalue weighted by Gasteiger charge is -2.31. The third-order valence-electron chi connectivity index (χ3n) is 5.94. The Morgan fingerprint density at radius 1 is 1.14 bits per heavy atom. The van der Waals surface area contributed by atoms with Crippen molar-refractivity contribution in [3.63, 3.8) is 0 Å². The van der Waals surface area contributed by atoms with Gasteiger partial charge in [-0.3, -0.25) is 4.79 Å². The van der Waals surface area contributed by atoms with Crippen molar-refractivity contribution in [2.45, 2.75) is 38.5 Å². The monoisotopic (exact) mass is 473 g/mol. The number of hydrogen-bond acceptors (Lipinski definition) is 6. The number of ketones is 1. The lowest BCUT2D eigenvalue weighted by molar-refractivity contribution is -0.121. The molecule has 0 saturated carbocycles. The Balaban J connectivity index is 0.000000320. The molecule has 35 heavy (non-hydrogen) atoms. The van der Waals surface area contributed by atoms with Crippen LogP contribution in [0.25, 0.3) is 11.1 Å². The van der Waals surface area contributed by atoms with E-state index in [2.05, 4.69) is 52.9 Å². The molecule has 6 nitrogen and oxygen atoms in total. The molecule has 0 aromatic heterocycles. The van der Waals surface area contributed by atoms with E-state index >= 15 is 0 Å². The number of aliphatic hydroxyl groups is 1. The summed E-state index contributed by atoms with van der Waals surface area (Å²) in [6, 6.07) is 16.5. The molecule has 2 heterocycles. The minimum Gasteiger partial charge on any atom is -0.490 e.